The van der Waals surface area contributed by atoms with E-state index in [0.717, 1.165) is 45.8 Å². The van der Waals surface area contributed by atoms with Crippen LogP contribution in [0.25, 0.3) is 44.3 Å². The summed E-state index contributed by atoms with van der Waals surface area (Å²) < 4.78 is 0. The number of nitrogens with zero attached hydrogens (tertiary/aromatic N) is 2. The molecule has 2 amide bonds. The Morgan fingerprint density at radius 2 is 1.16 bits per heavy atom. The molecule has 0 aliphatic heterocycles. The second-order valence-electron chi connectivity index (χ2n) is 14.5. The van der Waals surface area contributed by atoms with E-state index in [4.69, 9.17) is 33.2 Å². The molecule has 0 bridgehead atoms. The number of rotatable bonds is 7. The van der Waals surface area contributed by atoms with E-state index in [2.05, 4.69) is 31.4 Å². The van der Waals surface area contributed by atoms with Crippen LogP contribution in [-0.4, -0.2) is 34.4 Å². The third-order valence-electron chi connectivity index (χ3n) is 9.68. The molecule has 6 aromatic rings. The highest BCUT2D eigenvalue weighted by atomic mass is 35.5. The van der Waals surface area contributed by atoms with Crippen LogP contribution in [0.4, 0.5) is 0 Å². The molecule has 1 saturated carbocycles. The molecule has 1 fully saturated rings. The van der Waals surface area contributed by atoms with Gasteiger partial charge in [-0.2, -0.15) is 0 Å². The highest BCUT2D eigenvalue weighted by Crippen LogP contribution is 2.46. The molecule has 0 radical (unpaired) electrons. The Morgan fingerprint density at radius 3 is 1.70 bits per heavy atom. The van der Waals surface area contributed by atoms with Crippen molar-refractivity contribution in [3.63, 3.8) is 0 Å². The zero-order chi connectivity index (χ0) is 35.0. The summed E-state index contributed by atoms with van der Waals surface area (Å²) >= 11 is 13.1. The quantitative estimate of drug-likeness (QED) is 0.174. The van der Waals surface area contributed by atoms with Gasteiger partial charge < -0.3 is 10.6 Å². The van der Waals surface area contributed by atoms with Crippen molar-refractivity contribution in [3.05, 3.63) is 130 Å². The molecule has 50 heavy (non-hydrogen) atoms. The first-order chi connectivity index (χ1) is 24.0. The third kappa shape index (κ3) is 6.96. The number of fused-ring (bicyclic) bond motifs is 2. The number of amides is 2. The van der Waals surface area contributed by atoms with Crippen molar-refractivity contribution >= 4 is 56.8 Å². The van der Waals surface area contributed by atoms with Crippen molar-refractivity contribution in [1.82, 2.24) is 20.6 Å². The highest BCUT2D eigenvalue weighted by molar-refractivity contribution is 6.33. The molecule has 252 valence electrons. The second-order valence-corrected chi connectivity index (χ2v) is 15.3. The average molecular weight is 702 g/mol. The second kappa shape index (κ2) is 13.5. The Kier molecular flexibility index (Phi) is 9.10. The van der Waals surface area contributed by atoms with Crippen LogP contribution in [0.15, 0.2) is 109 Å². The Bertz CT molecular complexity index is 2270. The van der Waals surface area contributed by atoms with Gasteiger partial charge in [-0.25, -0.2) is 9.97 Å². The predicted molar refractivity (Wildman–Crippen MR) is 204 cm³/mol. The normalized spacial score (nSPS) is 18.5. The van der Waals surface area contributed by atoms with Crippen molar-refractivity contribution in [2.45, 2.75) is 46.1 Å². The Balaban J connectivity index is 1.13. The lowest BCUT2D eigenvalue weighted by Gasteiger charge is -2.47. The number of para-hydroxylation sites is 2. The molecule has 6 nitrogen and oxygen atoms in total. The molecule has 2 heterocycles. The Hall–Kier alpha value is -4.78. The Morgan fingerprint density at radius 1 is 0.680 bits per heavy atom. The summed E-state index contributed by atoms with van der Waals surface area (Å²) in [6, 6.07) is 34.0. The lowest BCUT2D eigenvalue weighted by atomic mass is 9.62. The van der Waals surface area contributed by atoms with Gasteiger partial charge in [0.05, 0.1) is 33.5 Å². The lowest BCUT2D eigenvalue weighted by molar-refractivity contribution is 0.0593. The number of halogens is 2. The van der Waals surface area contributed by atoms with Crippen LogP contribution >= 0.6 is 23.2 Å². The first kappa shape index (κ1) is 33.7. The van der Waals surface area contributed by atoms with Crippen LogP contribution < -0.4 is 10.6 Å². The van der Waals surface area contributed by atoms with E-state index in [1.807, 2.05) is 109 Å². The number of aromatic nitrogens is 2. The van der Waals surface area contributed by atoms with E-state index in [-0.39, 0.29) is 28.7 Å². The molecule has 0 spiro atoms. The SMILES string of the molecule is CC1(C)C[C@H](NC(=O)c2cc(-c3ccccc3Cl)nc3ccccc23)C[C@](C)(CNC(=O)c2cc(-c3ccccc3Cl)nc3ccccc23)C1. The summed E-state index contributed by atoms with van der Waals surface area (Å²) in [7, 11) is 0. The van der Waals surface area contributed by atoms with Gasteiger partial charge in [0.1, 0.15) is 0 Å². The fourth-order valence-corrected chi connectivity index (χ4v) is 8.33. The number of pyridine rings is 2. The fourth-order valence-electron chi connectivity index (χ4n) is 7.86. The van der Waals surface area contributed by atoms with E-state index < -0.39 is 0 Å². The number of carbonyl (C=O) groups excluding carboxylic acids is 2. The first-order valence-corrected chi connectivity index (χ1v) is 17.6. The van der Waals surface area contributed by atoms with Crippen LogP contribution in [0, 0.1) is 10.8 Å². The zero-order valence-electron chi connectivity index (χ0n) is 28.3. The van der Waals surface area contributed by atoms with Gasteiger partial charge in [0.15, 0.2) is 0 Å². The largest absolute Gasteiger partial charge is 0.351 e. The molecule has 0 saturated heterocycles. The Labute approximate surface area is 302 Å². The minimum Gasteiger partial charge on any atom is -0.351 e. The van der Waals surface area contributed by atoms with Gasteiger partial charge in [-0.1, -0.05) is 117 Å². The topological polar surface area (TPSA) is 84.0 Å². The maximum atomic E-state index is 14.1. The molecule has 1 aliphatic rings. The van der Waals surface area contributed by atoms with Crippen LogP contribution in [-0.2, 0) is 0 Å². The van der Waals surface area contributed by atoms with E-state index >= 15 is 0 Å². The standard InChI is InChI=1S/C42H38Cl2N4O2/c1-41(2)22-26(46-40(50)32-21-38(30-15-5-9-17-34(30)44)48-36-19-11-7-13-28(32)36)23-42(3,24-41)25-45-39(49)31-20-37(29-14-4-8-16-33(29)43)47-35-18-10-6-12-27(31)35/h4-21,26H,22-25H2,1-3H3,(H,45,49)(H,46,50)/t26-,42-/m0/s1. The van der Waals surface area contributed by atoms with Crippen LogP contribution in [0.2, 0.25) is 10.0 Å². The molecule has 8 heteroatoms. The summed E-state index contributed by atoms with van der Waals surface area (Å²) in [5, 5.41) is 9.35. The van der Waals surface area contributed by atoms with Crippen LogP contribution in [0.3, 0.4) is 0 Å². The fraction of sp³-hybridized carbons (Fsp3) is 0.238. The number of benzene rings is 4. The van der Waals surface area contributed by atoms with Crippen molar-refractivity contribution in [1.29, 1.82) is 0 Å². The average Bonchev–Trinajstić information content (AvgIpc) is 3.09. The molecule has 4 aromatic carbocycles. The van der Waals surface area contributed by atoms with Gasteiger partial charge in [-0.3, -0.25) is 9.59 Å². The first-order valence-electron chi connectivity index (χ1n) is 16.9. The third-order valence-corrected chi connectivity index (χ3v) is 10.3. The van der Waals surface area contributed by atoms with E-state index in [1.165, 1.54) is 0 Å². The molecule has 2 N–H and O–H groups in total. The predicted octanol–water partition coefficient (Wildman–Crippen LogP) is 10.2. The molecule has 1 aliphatic carbocycles. The van der Waals surface area contributed by atoms with Crippen LogP contribution in [0.5, 0.6) is 0 Å². The highest BCUT2D eigenvalue weighted by Gasteiger charge is 2.42. The minimum atomic E-state index is -0.271. The van der Waals surface area contributed by atoms with E-state index in [0.29, 0.717) is 45.5 Å². The zero-order valence-corrected chi connectivity index (χ0v) is 29.8. The maximum absolute atomic E-state index is 14.1. The van der Waals surface area contributed by atoms with Gasteiger partial charge in [-0.15, -0.1) is 0 Å². The van der Waals surface area contributed by atoms with Gasteiger partial charge in [0.2, 0.25) is 0 Å². The maximum Gasteiger partial charge on any atom is 0.252 e. The summed E-state index contributed by atoms with van der Waals surface area (Å²) in [6.07, 6.45) is 2.42. The van der Waals surface area contributed by atoms with Crippen molar-refractivity contribution in [3.8, 4) is 22.5 Å². The number of nitrogens with one attached hydrogen (secondary N) is 2. The smallest absolute Gasteiger partial charge is 0.252 e. The van der Waals surface area contributed by atoms with Crippen LogP contribution in [0.1, 0.15) is 60.7 Å². The summed E-state index contributed by atoms with van der Waals surface area (Å²) in [4.78, 5) is 37.7. The lowest BCUT2D eigenvalue weighted by Crippen LogP contribution is -2.50. The van der Waals surface area contributed by atoms with Crippen molar-refractivity contribution in [2.75, 3.05) is 6.54 Å². The van der Waals surface area contributed by atoms with Gasteiger partial charge in [0, 0.05) is 44.5 Å². The van der Waals surface area contributed by atoms with Crippen molar-refractivity contribution in [2.24, 2.45) is 10.8 Å². The number of carbonyl (C=O) groups is 2. The molecule has 2 aromatic heterocycles. The monoisotopic (exact) mass is 700 g/mol. The van der Waals surface area contributed by atoms with Crippen molar-refractivity contribution < 1.29 is 9.59 Å². The van der Waals surface area contributed by atoms with Gasteiger partial charge in [-0.05, 0) is 66.5 Å². The minimum absolute atomic E-state index is 0.0701. The van der Waals surface area contributed by atoms with E-state index in [9.17, 15) is 9.59 Å². The van der Waals surface area contributed by atoms with E-state index in [1.54, 1.807) is 0 Å². The molecule has 0 unspecified atom stereocenters. The number of hydrogen-bond acceptors (Lipinski definition) is 4. The molecule has 7 rings (SSSR count). The van der Waals surface area contributed by atoms with Gasteiger partial charge in [0.25, 0.3) is 11.8 Å². The summed E-state index contributed by atoms with van der Waals surface area (Å²) in [5.41, 5.74) is 5.07. The summed E-state index contributed by atoms with van der Waals surface area (Å²) in [5.74, 6) is -0.321. The molecular weight excluding hydrogens is 663 g/mol. The molecular formula is C42H38Cl2N4O2. The molecule has 2 atom stereocenters. The number of hydrogen-bond donors (Lipinski definition) is 2. The van der Waals surface area contributed by atoms with Gasteiger partial charge >= 0.3 is 0 Å². The summed E-state index contributed by atoms with van der Waals surface area (Å²) in [6.45, 7) is 7.11.